The third-order valence-corrected chi connectivity index (χ3v) is 3.88. The van der Waals surface area contributed by atoms with Gasteiger partial charge in [-0.25, -0.2) is 4.90 Å². The quantitative estimate of drug-likeness (QED) is 0.642. The van der Waals surface area contributed by atoms with Crippen LogP contribution >= 0.6 is 23.2 Å². The van der Waals surface area contributed by atoms with Crippen LogP contribution in [0.5, 0.6) is 11.5 Å². The van der Waals surface area contributed by atoms with Gasteiger partial charge in [-0.3, -0.25) is 14.4 Å². The second kappa shape index (κ2) is 6.42. The molecule has 2 aromatic rings. The molecule has 1 aliphatic rings. The Labute approximate surface area is 151 Å². The van der Waals surface area contributed by atoms with Gasteiger partial charge in [0.15, 0.2) is 5.76 Å². The lowest BCUT2D eigenvalue weighted by atomic mass is 10.1. The van der Waals surface area contributed by atoms with E-state index in [9.17, 15) is 19.5 Å². The van der Waals surface area contributed by atoms with Gasteiger partial charge in [0.25, 0.3) is 5.88 Å². The zero-order valence-electron chi connectivity index (χ0n) is 12.8. The number of esters is 1. The molecule has 7 nitrogen and oxygen atoms in total. The fourth-order valence-corrected chi connectivity index (χ4v) is 2.99. The Kier molecular flexibility index (Phi) is 4.45. The summed E-state index contributed by atoms with van der Waals surface area (Å²) in [5, 5.41) is 11.0. The molecule has 0 aliphatic carbocycles. The Morgan fingerprint density at radius 3 is 2.24 bits per heavy atom. The molecule has 2 heterocycles. The summed E-state index contributed by atoms with van der Waals surface area (Å²) in [5.41, 5.74) is 0.286. The van der Waals surface area contributed by atoms with Gasteiger partial charge < -0.3 is 14.3 Å². The van der Waals surface area contributed by atoms with Crippen LogP contribution in [-0.4, -0.2) is 22.9 Å². The summed E-state index contributed by atoms with van der Waals surface area (Å²) in [4.78, 5) is 36.0. The third kappa shape index (κ3) is 3.20. The lowest BCUT2D eigenvalue weighted by Crippen LogP contribution is -2.28. The molecule has 1 aromatic carbocycles. The van der Waals surface area contributed by atoms with Gasteiger partial charge in [-0.1, -0.05) is 23.2 Å². The highest BCUT2D eigenvalue weighted by atomic mass is 35.5. The molecule has 0 atom stereocenters. The molecule has 0 spiro atoms. The third-order valence-electron chi connectivity index (χ3n) is 3.45. The van der Waals surface area contributed by atoms with Gasteiger partial charge in [0, 0.05) is 35.4 Å². The van der Waals surface area contributed by atoms with Crippen LogP contribution in [0, 0.1) is 0 Å². The van der Waals surface area contributed by atoms with Gasteiger partial charge in [-0.15, -0.1) is 0 Å². The van der Waals surface area contributed by atoms with Gasteiger partial charge in [-0.05, 0) is 18.2 Å². The number of hydrogen-bond donors (Lipinski definition) is 1. The molecule has 9 heteroatoms. The van der Waals surface area contributed by atoms with Crippen LogP contribution in [0.3, 0.4) is 0 Å². The lowest BCUT2D eigenvalue weighted by Gasteiger charge is -2.11. The standard InChI is InChI=1S/C16H11Cl2NO6/c1-7(20)24-15-13(23)14(8-4-9(17)6-10(18)5-8)25-16(15)19-11(21)2-3-12(19)22/h4-6,23H,2-3H2,1H3. The largest absolute Gasteiger partial charge is 0.502 e. The molecule has 1 N–H and O–H groups in total. The van der Waals surface area contributed by atoms with E-state index in [1.165, 1.54) is 18.2 Å². The molecule has 2 amide bonds. The Morgan fingerprint density at radius 1 is 1.16 bits per heavy atom. The highest BCUT2D eigenvalue weighted by Crippen LogP contribution is 2.49. The van der Waals surface area contributed by atoms with Gasteiger partial charge in [0.2, 0.25) is 23.3 Å². The molecule has 25 heavy (non-hydrogen) atoms. The van der Waals surface area contributed by atoms with E-state index in [1.807, 2.05) is 0 Å². The number of carbonyl (C=O) groups excluding carboxylic acids is 3. The Balaban J connectivity index is 2.19. The predicted octanol–water partition coefficient (Wildman–Crippen LogP) is 3.54. The molecule has 3 rings (SSSR count). The summed E-state index contributed by atoms with van der Waals surface area (Å²) in [5.74, 6) is -3.26. The molecule has 0 radical (unpaired) electrons. The molecule has 1 aromatic heterocycles. The minimum absolute atomic E-state index is 0.00185. The van der Waals surface area contributed by atoms with Gasteiger partial charge >= 0.3 is 5.97 Å². The molecule has 1 aliphatic heterocycles. The summed E-state index contributed by atoms with van der Waals surface area (Å²) in [6.45, 7) is 1.11. The van der Waals surface area contributed by atoms with E-state index in [-0.39, 0.29) is 40.1 Å². The minimum atomic E-state index is -0.757. The van der Waals surface area contributed by atoms with Crippen LogP contribution in [-0.2, 0) is 14.4 Å². The summed E-state index contributed by atoms with van der Waals surface area (Å²) in [7, 11) is 0. The van der Waals surface area contributed by atoms with Crippen molar-refractivity contribution in [2.45, 2.75) is 19.8 Å². The van der Waals surface area contributed by atoms with Crippen molar-refractivity contribution < 1.29 is 28.6 Å². The van der Waals surface area contributed by atoms with Gasteiger partial charge in [0.05, 0.1) is 0 Å². The number of amides is 2. The topological polar surface area (TPSA) is 97.0 Å². The fourth-order valence-electron chi connectivity index (χ4n) is 2.46. The maximum absolute atomic E-state index is 12.0. The second-order valence-electron chi connectivity index (χ2n) is 5.29. The number of furan rings is 1. The van der Waals surface area contributed by atoms with Crippen molar-refractivity contribution in [2.24, 2.45) is 0 Å². The lowest BCUT2D eigenvalue weighted by molar-refractivity contribution is -0.132. The molecule has 1 fully saturated rings. The van der Waals surface area contributed by atoms with E-state index in [0.717, 1.165) is 11.8 Å². The van der Waals surface area contributed by atoms with Crippen molar-refractivity contribution in [2.75, 3.05) is 4.90 Å². The first-order valence-electron chi connectivity index (χ1n) is 7.14. The van der Waals surface area contributed by atoms with Crippen molar-refractivity contribution in [3.05, 3.63) is 28.2 Å². The van der Waals surface area contributed by atoms with Crippen LogP contribution in [0.4, 0.5) is 5.88 Å². The van der Waals surface area contributed by atoms with Crippen LogP contribution in [0.15, 0.2) is 22.6 Å². The van der Waals surface area contributed by atoms with Gasteiger partial charge in [0.1, 0.15) is 0 Å². The number of halogens is 2. The molecule has 0 unspecified atom stereocenters. The van der Waals surface area contributed by atoms with E-state index in [1.54, 1.807) is 0 Å². The molecule has 1 saturated heterocycles. The first-order chi connectivity index (χ1) is 11.8. The number of carbonyl (C=O) groups is 3. The van der Waals surface area contributed by atoms with Gasteiger partial charge in [-0.2, -0.15) is 0 Å². The Morgan fingerprint density at radius 2 is 1.72 bits per heavy atom. The summed E-state index contributed by atoms with van der Waals surface area (Å²) >= 11 is 11.9. The van der Waals surface area contributed by atoms with Crippen LogP contribution in [0.25, 0.3) is 11.3 Å². The number of nitrogens with zero attached hydrogens (tertiary/aromatic N) is 1. The number of ether oxygens (including phenoxy) is 1. The Hall–Kier alpha value is -2.51. The number of rotatable bonds is 3. The predicted molar refractivity (Wildman–Crippen MR) is 88.9 cm³/mol. The van der Waals surface area contributed by atoms with Crippen molar-refractivity contribution in [1.29, 1.82) is 0 Å². The van der Waals surface area contributed by atoms with Crippen molar-refractivity contribution in [3.63, 3.8) is 0 Å². The van der Waals surface area contributed by atoms with E-state index in [0.29, 0.717) is 0 Å². The maximum Gasteiger partial charge on any atom is 0.308 e. The summed E-state index contributed by atoms with van der Waals surface area (Å²) in [6, 6.07) is 4.40. The summed E-state index contributed by atoms with van der Waals surface area (Å²) < 4.78 is 10.5. The number of hydrogen-bond acceptors (Lipinski definition) is 6. The maximum atomic E-state index is 12.0. The number of aromatic hydroxyl groups is 1. The monoisotopic (exact) mass is 383 g/mol. The Bertz CT molecular complexity index is 868. The molecule has 130 valence electrons. The number of anilines is 1. The molecular formula is C16H11Cl2NO6. The highest BCUT2D eigenvalue weighted by molar-refractivity contribution is 6.35. The van der Waals surface area contributed by atoms with Crippen LogP contribution in [0.2, 0.25) is 10.0 Å². The minimum Gasteiger partial charge on any atom is -0.502 e. The second-order valence-corrected chi connectivity index (χ2v) is 6.16. The average Bonchev–Trinajstić information content (AvgIpc) is 2.99. The molecule has 0 saturated carbocycles. The first-order valence-corrected chi connectivity index (χ1v) is 7.90. The van der Waals surface area contributed by atoms with E-state index in [4.69, 9.17) is 32.4 Å². The van der Waals surface area contributed by atoms with E-state index >= 15 is 0 Å². The molecule has 0 bridgehead atoms. The van der Waals surface area contributed by atoms with Crippen LogP contribution < -0.4 is 9.64 Å². The van der Waals surface area contributed by atoms with Crippen LogP contribution in [0.1, 0.15) is 19.8 Å². The summed E-state index contributed by atoms with van der Waals surface area (Å²) in [6.07, 6.45) is -0.00370. The normalized spacial score (nSPS) is 14.3. The number of benzene rings is 1. The van der Waals surface area contributed by atoms with Crippen molar-refractivity contribution in [1.82, 2.24) is 0 Å². The smallest absolute Gasteiger partial charge is 0.308 e. The van der Waals surface area contributed by atoms with Crippen molar-refractivity contribution >= 4 is 46.9 Å². The fraction of sp³-hybridized carbons (Fsp3) is 0.188. The van der Waals surface area contributed by atoms with E-state index < -0.39 is 29.3 Å². The number of imide groups is 1. The van der Waals surface area contributed by atoms with Crippen molar-refractivity contribution in [3.8, 4) is 22.8 Å². The molecular weight excluding hydrogens is 373 g/mol. The SMILES string of the molecule is CC(=O)Oc1c(N2C(=O)CCC2=O)oc(-c2cc(Cl)cc(Cl)c2)c1O. The van der Waals surface area contributed by atoms with E-state index in [2.05, 4.69) is 0 Å². The highest BCUT2D eigenvalue weighted by Gasteiger charge is 2.38. The average molecular weight is 384 g/mol. The zero-order valence-corrected chi connectivity index (χ0v) is 14.3. The first kappa shape index (κ1) is 17.3. The zero-order chi connectivity index (χ0) is 18.3.